The lowest BCUT2D eigenvalue weighted by Crippen LogP contribution is -2.68. The molecule has 26 heavy (non-hydrogen) atoms. The number of benzene rings is 1. The Bertz CT molecular complexity index is 801. The summed E-state index contributed by atoms with van der Waals surface area (Å²) in [7, 11) is 1.21. The number of esters is 1. The zero-order valence-corrected chi connectivity index (χ0v) is 14.1. The molecule has 0 saturated carbocycles. The van der Waals surface area contributed by atoms with Crippen molar-refractivity contribution < 1.29 is 29.0 Å². The van der Waals surface area contributed by atoms with Gasteiger partial charge in [0, 0.05) is 0 Å². The number of fused-ring (bicyclic) bond motifs is 1. The second-order valence-electron chi connectivity index (χ2n) is 6.20. The fourth-order valence-electron chi connectivity index (χ4n) is 3.37. The third kappa shape index (κ3) is 3.17. The van der Waals surface area contributed by atoms with E-state index in [2.05, 4.69) is 10.1 Å². The van der Waals surface area contributed by atoms with Gasteiger partial charge < -0.3 is 15.2 Å². The van der Waals surface area contributed by atoms with Crippen LogP contribution in [0.5, 0.6) is 0 Å². The maximum atomic E-state index is 12.3. The third-order valence-corrected chi connectivity index (χ3v) is 4.56. The lowest BCUT2D eigenvalue weighted by molar-refractivity contribution is -0.152. The van der Waals surface area contributed by atoms with Crippen molar-refractivity contribution in [1.29, 1.82) is 0 Å². The minimum Gasteiger partial charge on any atom is -0.477 e. The Morgan fingerprint density at radius 3 is 2.54 bits per heavy atom. The second-order valence-corrected chi connectivity index (χ2v) is 6.20. The molecule has 0 unspecified atom stereocenters. The van der Waals surface area contributed by atoms with Crippen LogP contribution in [0.15, 0.2) is 41.6 Å². The summed E-state index contributed by atoms with van der Waals surface area (Å²) in [4.78, 5) is 48.7. The van der Waals surface area contributed by atoms with Crippen LogP contribution < -0.4 is 5.32 Å². The predicted octanol–water partition coefficient (Wildman–Crippen LogP) is 0.230. The van der Waals surface area contributed by atoms with Gasteiger partial charge >= 0.3 is 11.9 Å². The number of carbonyl (C=O) groups excluding carboxylic acids is 3. The van der Waals surface area contributed by atoms with Gasteiger partial charge in [-0.15, -0.1) is 0 Å². The van der Waals surface area contributed by atoms with Crippen molar-refractivity contribution in [3.63, 3.8) is 0 Å². The van der Waals surface area contributed by atoms with E-state index in [1.165, 1.54) is 7.11 Å². The number of β-lactam (4-membered cyclic amide) rings is 1. The largest absolute Gasteiger partial charge is 0.477 e. The molecule has 136 valence electrons. The fraction of sp³-hybridized carbons (Fsp3) is 0.333. The maximum Gasteiger partial charge on any atom is 0.352 e. The van der Waals surface area contributed by atoms with Crippen molar-refractivity contribution in [3.05, 3.63) is 47.2 Å². The van der Waals surface area contributed by atoms with Crippen molar-refractivity contribution >= 4 is 23.8 Å². The summed E-state index contributed by atoms with van der Waals surface area (Å²) >= 11 is 0. The van der Waals surface area contributed by atoms with Gasteiger partial charge in [0.1, 0.15) is 11.7 Å². The van der Waals surface area contributed by atoms with E-state index in [9.17, 15) is 24.3 Å². The number of rotatable bonds is 6. The molecule has 8 heteroatoms. The summed E-state index contributed by atoms with van der Waals surface area (Å²) in [6, 6.07) is 7.83. The minimum absolute atomic E-state index is 0.131. The van der Waals surface area contributed by atoms with Gasteiger partial charge in [0.05, 0.1) is 26.0 Å². The molecule has 8 nitrogen and oxygen atoms in total. The van der Waals surface area contributed by atoms with Crippen molar-refractivity contribution in [2.45, 2.75) is 31.3 Å². The molecule has 1 aromatic rings. The molecule has 0 radical (unpaired) electrons. The predicted molar refractivity (Wildman–Crippen MR) is 88.6 cm³/mol. The Hall–Kier alpha value is -3.16. The summed E-state index contributed by atoms with van der Waals surface area (Å²) < 4.78 is 4.58. The topological polar surface area (TPSA) is 113 Å². The Morgan fingerprint density at radius 2 is 1.92 bits per heavy atom. The van der Waals surface area contributed by atoms with Gasteiger partial charge in [0.25, 0.3) is 5.91 Å². The molecule has 2 aliphatic heterocycles. The van der Waals surface area contributed by atoms with Crippen LogP contribution in [0.2, 0.25) is 0 Å². The van der Waals surface area contributed by atoms with Gasteiger partial charge in [0.15, 0.2) is 0 Å². The molecule has 2 amide bonds. The van der Waals surface area contributed by atoms with E-state index in [0.717, 1.165) is 10.5 Å². The molecule has 0 spiro atoms. The highest BCUT2D eigenvalue weighted by molar-refractivity contribution is 6.03. The first-order valence-corrected chi connectivity index (χ1v) is 8.11. The lowest BCUT2D eigenvalue weighted by atomic mass is 9.93. The number of nitrogens with zero attached hydrogens (tertiary/aromatic N) is 1. The summed E-state index contributed by atoms with van der Waals surface area (Å²) in [5.41, 5.74) is 0.970. The van der Waals surface area contributed by atoms with E-state index in [0.29, 0.717) is 5.57 Å². The van der Waals surface area contributed by atoms with Crippen molar-refractivity contribution in [2.24, 2.45) is 0 Å². The summed E-state index contributed by atoms with van der Waals surface area (Å²) in [5, 5.41) is 12.0. The van der Waals surface area contributed by atoms with Crippen molar-refractivity contribution in [1.82, 2.24) is 10.2 Å². The number of methoxy groups -OCH3 is 1. The molecular weight excluding hydrogens is 340 g/mol. The number of carbonyl (C=O) groups is 4. The van der Waals surface area contributed by atoms with E-state index in [-0.39, 0.29) is 30.9 Å². The number of ether oxygens (including phenoxy) is 1. The van der Waals surface area contributed by atoms with Crippen LogP contribution in [0.1, 0.15) is 18.4 Å². The molecule has 1 fully saturated rings. The Labute approximate surface area is 149 Å². The van der Waals surface area contributed by atoms with E-state index in [4.69, 9.17) is 0 Å². The number of amides is 2. The first kappa shape index (κ1) is 17.7. The van der Waals surface area contributed by atoms with Crippen LogP contribution in [0.3, 0.4) is 0 Å². The zero-order chi connectivity index (χ0) is 18.8. The highest BCUT2D eigenvalue weighted by Crippen LogP contribution is 2.40. The van der Waals surface area contributed by atoms with Gasteiger partial charge in [0.2, 0.25) is 5.91 Å². The fourth-order valence-corrected chi connectivity index (χ4v) is 3.37. The molecule has 1 aromatic carbocycles. The standard InChI is InChI=1S/C18H18N2O6/c1-26-14(22)9-11-8-12-15(17(23)20(12)16(11)18(24)25)19-13(21)7-10-5-3-2-4-6-10/h2-6,12,15H,7-9H2,1H3,(H,19,21)(H,24,25)/t12-,15+/m0/s1. The smallest absolute Gasteiger partial charge is 0.352 e. The quantitative estimate of drug-likeness (QED) is 0.556. The second kappa shape index (κ2) is 6.99. The Kier molecular flexibility index (Phi) is 4.75. The first-order chi connectivity index (χ1) is 12.4. The van der Waals surface area contributed by atoms with Crippen molar-refractivity contribution in [2.75, 3.05) is 7.11 Å². The van der Waals surface area contributed by atoms with E-state index in [1.54, 1.807) is 0 Å². The average molecular weight is 358 g/mol. The van der Waals surface area contributed by atoms with Gasteiger partial charge in [-0.1, -0.05) is 30.3 Å². The molecule has 1 saturated heterocycles. The number of carboxylic acids is 1. The molecule has 0 bridgehead atoms. The van der Waals surface area contributed by atoms with Crippen LogP contribution in [0.25, 0.3) is 0 Å². The van der Waals surface area contributed by atoms with Crippen LogP contribution in [0.4, 0.5) is 0 Å². The number of hydrogen-bond acceptors (Lipinski definition) is 5. The Morgan fingerprint density at radius 1 is 1.23 bits per heavy atom. The van der Waals surface area contributed by atoms with Gasteiger partial charge in [-0.3, -0.25) is 19.3 Å². The van der Waals surface area contributed by atoms with Crippen LogP contribution in [-0.4, -0.2) is 53.0 Å². The maximum absolute atomic E-state index is 12.3. The average Bonchev–Trinajstić information content (AvgIpc) is 2.95. The van der Waals surface area contributed by atoms with E-state index >= 15 is 0 Å². The SMILES string of the molecule is COC(=O)CC1=C(C(=O)O)N2C(=O)[C@H](NC(=O)Cc3ccccc3)[C@@H]2C1. The molecule has 2 atom stereocenters. The molecule has 3 rings (SSSR count). The van der Waals surface area contributed by atoms with E-state index in [1.807, 2.05) is 30.3 Å². The summed E-state index contributed by atoms with van der Waals surface area (Å²) in [6.07, 6.45) is 0.160. The molecule has 2 N–H and O–H groups in total. The summed E-state index contributed by atoms with van der Waals surface area (Å²) in [5.74, 6) is -2.63. The number of carboxylic acid groups (broad SMARTS) is 1. The molecular formula is C18H18N2O6. The molecule has 2 heterocycles. The van der Waals surface area contributed by atoms with Gasteiger partial charge in [-0.25, -0.2) is 4.79 Å². The normalized spacial score (nSPS) is 21.1. The third-order valence-electron chi connectivity index (χ3n) is 4.56. The van der Waals surface area contributed by atoms with Crippen LogP contribution in [0, 0.1) is 0 Å². The number of hydrogen-bond donors (Lipinski definition) is 2. The van der Waals surface area contributed by atoms with Crippen molar-refractivity contribution in [3.8, 4) is 0 Å². The summed E-state index contributed by atoms with van der Waals surface area (Å²) in [6.45, 7) is 0. The Balaban J connectivity index is 1.68. The molecule has 0 aromatic heterocycles. The monoisotopic (exact) mass is 358 g/mol. The lowest BCUT2D eigenvalue weighted by Gasteiger charge is -2.43. The molecule has 2 aliphatic rings. The van der Waals surface area contributed by atoms with Crippen LogP contribution in [-0.2, 0) is 30.3 Å². The number of nitrogens with one attached hydrogen (secondary N) is 1. The van der Waals surface area contributed by atoms with Gasteiger partial charge in [-0.2, -0.15) is 0 Å². The van der Waals surface area contributed by atoms with E-state index < -0.39 is 29.9 Å². The first-order valence-electron chi connectivity index (χ1n) is 8.11. The molecule has 0 aliphatic carbocycles. The number of aliphatic carboxylic acids is 1. The minimum atomic E-state index is -1.27. The zero-order valence-electron chi connectivity index (χ0n) is 14.1. The van der Waals surface area contributed by atoms with Gasteiger partial charge in [-0.05, 0) is 17.6 Å². The highest BCUT2D eigenvalue weighted by atomic mass is 16.5. The highest BCUT2D eigenvalue weighted by Gasteiger charge is 2.55. The van der Waals surface area contributed by atoms with Crippen LogP contribution >= 0.6 is 0 Å².